The number of hydrogen-bond donors (Lipinski definition) is 0. The Kier molecular flexibility index (Phi) is 12.7. The zero-order chi connectivity index (χ0) is 22.7. The van der Waals surface area contributed by atoms with Crippen molar-refractivity contribution in [3.05, 3.63) is 0 Å². The van der Waals surface area contributed by atoms with Gasteiger partial charge in [0.2, 0.25) is 0 Å². The smallest absolute Gasteiger partial charge is 0.385 e. The molecule has 0 saturated carbocycles. The van der Waals surface area contributed by atoms with Crippen LogP contribution in [0, 0.1) is 112 Å². The minimum Gasteiger partial charge on any atom is -0.456 e. The van der Waals surface area contributed by atoms with E-state index in [4.69, 9.17) is 9.47 Å². The standard InChI is InChI=1S/C28H22O3.15H2/c1-5-6-7-8-9-10-11-12-13-14-15-16-17-18-19-20-27(29)30-22-21-24(2)28-26(4)25(3)23-31-28;;;;;;;;;;;;;;;/h24-26,28H,21-23H2,1-4H3;15*1H/t24?,25?,26-,28?;;;;;;;;;;;;;;;/m0.............../s1. The van der Waals surface area contributed by atoms with Crippen molar-refractivity contribution in [3.8, 4) is 94.7 Å². The van der Waals surface area contributed by atoms with Crippen LogP contribution in [0.5, 0.6) is 0 Å². The van der Waals surface area contributed by atoms with Crippen molar-refractivity contribution in [2.24, 2.45) is 17.8 Å². The number of carbonyl (C=O) groups excluding carboxylic acids is 1. The Bertz CT molecular complexity index is 1190. The van der Waals surface area contributed by atoms with Crippen LogP contribution in [0.1, 0.15) is 55.5 Å². The van der Waals surface area contributed by atoms with Gasteiger partial charge in [-0.1, -0.05) is 26.7 Å². The Morgan fingerprint density at radius 3 is 1.84 bits per heavy atom. The predicted octanol–water partition coefficient (Wildman–Crippen LogP) is 5.96. The molecule has 0 spiro atoms. The van der Waals surface area contributed by atoms with Gasteiger partial charge in [0.05, 0.1) is 12.7 Å². The molecular formula is C28H52O3. The van der Waals surface area contributed by atoms with Crippen LogP contribution in [0.3, 0.4) is 0 Å². The van der Waals surface area contributed by atoms with Gasteiger partial charge < -0.3 is 9.47 Å². The number of ether oxygens (including phenoxy) is 2. The summed E-state index contributed by atoms with van der Waals surface area (Å²) in [7, 11) is 0. The molecule has 3 unspecified atom stereocenters. The summed E-state index contributed by atoms with van der Waals surface area (Å²) in [5.74, 6) is 40.7. The molecule has 1 saturated heterocycles. The third-order valence-electron chi connectivity index (χ3n) is 4.44. The second-order valence-electron chi connectivity index (χ2n) is 6.66. The van der Waals surface area contributed by atoms with Crippen LogP contribution in [0.25, 0.3) is 0 Å². The molecule has 1 aliphatic heterocycles. The first-order valence-electron chi connectivity index (χ1n) is 9.77. The first-order chi connectivity index (χ1) is 15.1. The highest BCUT2D eigenvalue weighted by Gasteiger charge is 2.34. The maximum Gasteiger partial charge on any atom is 0.385 e. The Hall–Kier alpha value is -4.09. The van der Waals surface area contributed by atoms with Crippen LogP contribution in [0.15, 0.2) is 0 Å². The van der Waals surface area contributed by atoms with Gasteiger partial charge in [0.1, 0.15) is 0 Å². The van der Waals surface area contributed by atoms with Crippen LogP contribution in [0.4, 0.5) is 0 Å². The van der Waals surface area contributed by atoms with Gasteiger partial charge in [0.25, 0.3) is 0 Å². The van der Waals surface area contributed by atoms with Crippen molar-refractivity contribution < 1.29 is 35.7 Å². The van der Waals surface area contributed by atoms with Gasteiger partial charge in [0, 0.05) is 33.9 Å². The fraction of sp³-hybridized carbons (Fsp3) is 0.393. The van der Waals surface area contributed by atoms with Crippen molar-refractivity contribution in [2.45, 2.75) is 40.2 Å². The Morgan fingerprint density at radius 1 is 0.903 bits per heavy atom. The predicted molar refractivity (Wildman–Crippen MR) is 152 cm³/mol. The molecule has 1 aliphatic rings. The van der Waals surface area contributed by atoms with E-state index in [1.807, 2.05) is 0 Å². The van der Waals surface area contributed by atoms with Crippen LogP contribution >= 0.6 is 0 Å². The van der Waals surface area contributed by atoms with E-state index in [9.17, 15) is 4.79 Å². The fourth-order valence-electron chi connectivity index (χ4n) is 2.63. The van der Waals surface area contributed by atoms with E-state index in [-0.39, 0.29) is 27.5 Å². The van der Waals surface area contributed by atoms with Gasteiger partial charge in [-0.2, -0.15) is 0 Å². The molecule has 0 amide bonds. The fourth-order valence-corrected chi connectivity index (χ4v) is 2.63. The van der Waals surface area contributed by atoms with Gasteiger partial charge in [-0.3, -0.25) is 0 Å². The lowest BCUT2D eigenvalue weighted by molar-refractivity contribution is -0.137. The highest BCUT2D eigenvalue weighted by molar-refractivity contribution is 5.89. The molecule has 4 atom stereocenters. The van der Waals surface area contributed by atoms with Crippen LogP contribution < -0.4 is 0 Å². The molecule has 0 bridgehead atoms. The van der Waals surface area contributed by atoms with Crippen LogP contribution in [-0.2, 0) is 14.3 Å². The van der Waals surface area contributed by atoms with Gasteiger partial charge >= 0.3 is 5.97 Å². The maximum absolute atomic E-state index is 11.6. The first-order valence-corrected chi connectivity index (χ1v) is 9.77. The minimum absolute atomic E-state index is 0. The molecular weight excluding hydrogens is 384 g/mol. The van der Waals surface area contributed by atoms with Crippen molar-refractivity contribution in [2.75, 3.05) is 13.2 Å². The van der Waals surface area contributed by atoms with E-state index in [1.54, 1.807) is 6.92 Å². The average Bonchev–Trinajstić information content (AvgIpc) is 3.09. The highest BCUT2D eigenvalue weighted by atomic mass is 16.5. The molecule has 1 rings (SSSR count). The summed E-state index contributed by atoms with van der Waals surface area (Å²) in [5.41, 5.74) is 0. The second kappa shape index (κ2) is 15.8. The summed E-state index contributed by atoms with van der Waals surface area (Å²) in [4.78, 5) is 11.6. The molecule has 31 heavy (non-hydrogen) atoms. The van der Waals surface area contributed by atoms with Crippen molar-refractivity contribution in [1.29, 1.82) is 0 Å². The molecule has 3 nitrogen and oxygen atoms in total. The summed E-state index contributed by atoms with van der Waals surface area (Å²) >= 11 is 0. The molecule has 0 aromatic carbocycles. The maximum atomic E-state index is 11.6. The van der Waals surface area contributed by atoms with E-state index in [1.165, 1.54) is 0 Å². The summed E-state index contributed by atoms with van der Waals surface area (Å²) in [6.07, 6.45) is 0.951. The molecule has 0 aliphatic carbocycles. The largest absolute Gasteiger partial charge is 0.456 e. The SMILES string of the molecule is CC#CC#CC#CC#CC#CC#CC#CC#CC(=O)OCCC(C)C1OCC(C)[C@@H]1C.[HH].[HH].[HH].[HH].[HH].[HH].[HH].[HH].[HH].[HH].[HH].[HH].[HH].[HH].[HH]. The monoisotopic (exact) mass is 436 g/mol. The molecule has 1 fully saturated rings. The van der Waals surface area contributed by atoms with Crippen molar-refractivity contribution in [1.82, 2.24) is 0 Å². The lowest BCUT2D eigenvalue weighted by Crippen LogP contribution is -2.25. The summed E-state index contributed by atoms with van der Waals surface area (Å²) in [6.45, 7) is 9.31. The average molecular weight is 437 g/mol. The molecule has 182 valence electrons. The topological polar surface area (TPSA) is 35.5 Å². The van der Waals surface area contributed by atoms with Gasteiger partial charge in [-0.25, -0.2) is 4.79 Å². The molecule has 0 aromatic heterocycles. The highest BCUT2D eigenvalue weighted by Crippen LogP contribution is 2.32. The van der Waals surface area contributed by atoms with E-state index >= 15 is 0 Å². The number of rotatable bonds is 4. The summed E-state index contributed by atoms with van der Waals surface area (Å²) in [6, 6.07) is 0. The lowest BCUT2D eigenvalue weighted by atomic mass is 9.86. The summed E-state index contributed by atoms with van der Waals surface area (Å²) in [5, 5.41) is 0. The number of esters is 1. The molecule has 0 radical (unpaired) electrons. The van der Waals surface area contributed by atoms with E-state index in [0.29, 0.717) is 24.4 Å². The Morgan fingerprint density at radius 2 is 1.39 bits per heavy atom. The van der Waals surface area contributed by atoms with Gasteiger partial charge in [0.15, 0.2) is 0 Å². The van der Waals surface area contributed by atoms with Crippen LogP contribution in [0.2, 0.25) is 0 Å². The zero-order valence-corrected chi connectivity index (χ0v) is 18.2. The van der Waals surface area contributed by atoms with Gasteiger partial charge in [-0.15, -0.1) is 0 Å². The van der Waals surface area contributed by atoms with Gasteiger partial charge in [-0.05, 0) is 114 Å². The molecule has 0 aromatic rings. The second-order valence-corrected chi connectivity index (χ2v) is 6.66. The molecule has 0 N–H and O–H groups in total. The summed E-state index contributed by atoms with van der Waals surface area (Å²) < 4.78 is 10.9. The zero-order valence-electron chi connectivity index (χ0n) is 18.2. The minimum atomic E-state index is -0.606. The third-order valence-corrected chi connectivity index (χ3v) is 4.44. The quantitative estimate of drug-likeness (QED) is 0.310. The number of hydrogen-bond acceptors (Lipinski definition) is 3. The van der Waals surface area contributed by atoms with Crippen molar-refractivity contribution in [3.63, 3.8) is 0 Å². The first kappa shape index (κ1) is 24.9. The van der Waals surface area contributed by atoms with Crippen LogP contribution in [-0.4, -0.2) is 25.3 Å². The molecule has 1 heterocycles. The van der Waals surface area contributed by atoms with E-state index in [2.05, 4.69) is 115 Å². The van der Waals surface area contributed by atoms with E-state index in [0.717, 1.165) is 13.0 Å². The van der Waals surface area contributed by atoms with Crippen molar-refractivity contribution >= 4 is 5.97 Å². The Balaban J connectivity index is -0.0000000493. The normalized spacial score (nSPS) is 17.9. The number of carbonyl (C=O) groups is 1. The Labute approximate surface area is 208 Å². The third kappa shape index (κ3) is 11.5. The molecule has 3 heteroatoms. The lowest BCUT2D eigenvalue weighted by Gasteiger charge is -2.23. The van der Waals surface area contributed by atoms with E-state index < -0.39 is 5.97 Å².